The van der Waals surface area contributed by atoms with Gasteiger partial charge in [0, 0.05) is 31.2 Å². The number of hydrogen-bond acceptors (Lipinski definition) is 4. The van der Waals surface area contributed by atoms with E-state index in [1.54, 1.807) is 16.4 Å². The smallest absolute Gasteiger partial charge is 0.243 e. The molecule has 148 valence electrons. The van der Waals surface area contributed by atoms with Crippen molar-refractivity contribution >= 4 is 10.0 Å². The van der Waals surface area contributed by atoms with Crippen molar-refractivity contribution in [3.63, 3.8) is 0 Å². The zero-order valence-electron chi connectivity index (χ0n) is 16.1. The van der Waals surface area contributed by atoms with Crippen LogP contribution in [0.1, 0.15) is 24.0 Å². The SMILES string of the molecule is C#CCOc1ccccc1CNC1CCN(S(=O)(=O)c2ccc(C)cc2)CC1. The Labute approximate surface area is 167 Å². The van der Waals surface area contributed by atoms with Gasteiger partial charge >= 0.3 is 0 Å². The molecule has 0 bridgehead atoms. The van der Waals surface area contributed by atoms with Crippen LogP contribution >= 0.6 is 0 Å². The molecule has 3 rings (SSSR count). The van der Waals surface area contributed by atoms with Crippen LogP contribution in [0.2, 0.25) is 0 Å². The topological polar surface area (TPSA) is 58.6 Å². The highest BCUT2D eigenvalue weighted by atomic mass is 32.2. The molecule has 1 heterocycles. The summed E-state index contributed by atoms with van der Waals surface area (Å²) in [6.07, 6.45) is 6.82. The van der Waals surface area contributed by atoms with E-state index >= 15 is 0 Å². The van der Waals surface area contributed by atoms with Crippen molar-refractivity contribution in [3.8, 4) is 18.1 Å². The van der Waals surface area contributed by atoms with Crippen LogP contribution in [0.25, 0.3) is 0 Å². The van der Waals surface area contributed by atoms with Gasteiger partial charge in [-0.3, -0.25) is 0 Å². The van der Waals surface area contributed by atoms with Gasteiger partial charge in [0.2, 0.25) is 10.0 Å². The molecule has 0 saturated carbocycles. The van der Waals surface area contributed by atoms with Crippen LogP contribution in [0.4, 0.5) is 0 Å². The first-order valence-corrected chi connectivity index (χ1v) is 10.9. The van der Waals surface area contributed by atoms with E-state index in [4.69, 9.17) is 11.2 Å². The average Bonchev–Trinajstić information content (AvgIpc) is 2.72. The third kappa shape index (κ3) is 4.93. The number of piperidine rings is 1. The maximum Gasteiger partial charge on any atom is 0.243 e. The standard InChI is InChI=1S/C22H26N2O3S/c1-3-16-27-22-7-5-4-6-19(22)17-23-20-12-14-24(15-13-20)28(25,26)21-10-8-18(2)9-11-21/h1,4-11,20,23H,12-17H2,2H3. The number of para-hydroxylation sites is 1. The molecular formula is C22H26N2O3S. The van der Waals surface area contributed by atoms with Gasteiger partial charge in [0.1, 0.15) is 12.4 Å². The molecule has 1 N–H and O–H groups in total. The second kappa shape index (κ2) is 9.24. The maximum absolute atomic E-state index is 12.8. The van der Waals surface area contributed by atoms with E-state index in [2.05, 4.69) is 11.2 Å². The van der Waals surface area contributed by atoms with Crippen LogP contribution in [0, 0.1) is 19.3 Å². The molecular weight excluding hydrogens is 372 g/mol. The Morgan fingerprint density at radius 2 is 1.82 bits per heavy atom. The summed E-state index contributed by atoms with van der Waals surface area (Å²) in [6.45, 7) is 3.89. The fourth-order valence-corrected chi connectivity index (χ4v) is 4.79. The van der Waals surface area contributed by atoms with E-state index in [1.165, 1.54) is 0 Å². The highest BCUT2D eigenvalue weighted by Gasteiger charge is 2.29. The Bertz CT molecular complexity index is 925. The Morgan fingerprint density at radius 1 is 1.14 bits per heavy atom. The normalized spacial score (nSPS) is 15.9. The number of nitrogens with zero attached hydrogens (tertiary/aromatic N) is 1. The highest BCUT2D eigenvalue weighted by molar-refractivity contribution is 7.89. The number of ether oxygens (including phenoxy) is 1. The van der Waals surface area contributed by atoms with Crippen molar-refractivity contribution in [1.29, 1.82) is 0 Å². The van der Waals surface area contributed by atoms with Crippen molar-refractivity contribution in [3.05, 3.63) is 59.7 Å². The van der Waals surface area contributed by atoms with Gasteiger partial charge in [0.25, 0.3) is 0 Å². The van der Waals surface area contributed by atoms with Crippen LogP contribution in [0.15, 0.2) is 53.4 Å². The lowest BCUT2D eigenvalue weighted by Gasteiger charge is -2.32. The lowest BCUT2D eigenvalue weighted by atomic mass is 10.1. The average molecular weight is 399 g/mol. The monoisotopic (exact) mass is 398 g/mol. The summed E-state index contributed by atoms with van der Waals surface area (Å²) in [4.78, 5) is 0.365. The largest absolute Gasteiger partial charge is 0.481 e. The summed E-state index contributed by atoms with van der Waals surface area (Å²) in [5.74, 6) is 3.26. The van der Waals surface area contributed by atoms with Gasteiger partial charge in [-0.25, -0.2) is 8.42 Å². The molecule has 0 unspecified atom stereocenters. The quantitative estimate of drug-likeness (QED) is 0.729. The van der Waals surface area contributed by atoms with Crippen molar-refractivity contribution in [1.82, 2.24) is 9.62 Å². The first-order valence-electron chi connectivity index (χ1n) is 9.45. The first-order chi connectivity index (χ1) is 13.5. The van der Waals surface area contributed by atoms with Gasteiger partial charge in [-0.05, 0) is 38.0 Å². The predicted octanol–water partition coefficient (Wildman–Crippen LogP) is 2.95. The number of aryl methyl sites for hydroxylation is 1. The molecule has 1 aliphatic rings. The van der Waals surface area contributed by atoms with Crippen LogP contribution in [-0.2, 0) is 16.6 Å². The summed E-state index contributed by atoms with van der Waals surface area (Å²) in [7, 11) is -3.42. The van der Waals surface area contributed by atoms with Gasteiger partial charge in [0.15, 0.2) is 0 Å². The molecule has 6 heteroatoms. The van der Waals surface area contributed by atoms with Crippen molar-refractivity contribution in [2.75, 3.05) is 19.7 Å². The summed E-state index contributed by atoms with van der Waals surface area (Å²) in [5, 5.41) is 3.52. The van der Waals surface area contributed by atoms with Crippen LogP contribution in [-0.4, -0.2) is 38.5 Å². The fourth-order valence-electron chi connectivity index (χ4n) is 3.32. The van der Waals surface area contributed by atoms with Crippen LogP contribution < -0.4 is 10.1 Å². The molecule has 28 heavy (non-hydrogen) atoms. The number of nitrogens with one attached hydrogen (secondary N) is 1. The number of terminal acetylenes is 1. The maximum atomic E-state index is 12.8. The molecule has 0 aromatic heterocycles. The van der Waals surface area contributed by atoms with E-state index in [1.807, 2.05) is 43.3 Å². The third-order valence-corrected chi connectivity index (χ3v) is 6.89. The molecule has 1 aliphatic heterocycles. The molecule has 0 spiro atoms. The van der Waals surface area contributed by atoms with E-state index in [-0.39, 0.29) is 12.6 Å². The number of sulfonamides is 1. The number of hydrogen-bond donors (Lipinski definition) is 1. The number of rotatable bonds is 7. The second-order valence-electron chi connectivity index (χ2n) is 6.97. The van der Waals surface area contributed by atoms with Crippen molar-refractivity contribution in [2.45, 2.75) is 37.2 Å². The lowest BCUT2D eigenvalue weighted by Crippen LogP contribution is -2.44. The molecule has 2 aromatic carbocycles. The van der Waals surface area contributed by atoms with Crippen LogP contribution in [0.3, 0.4) is 0 Å². The summed E-state index contributed by atoms with van der Waals surface area (Å²) in [6, 6.07) is 15.1. The second-order valence-corrected chi connectivity index (χ2v) is 8.91. The van der Waals surface area contributed by atoms with Gasteiger partial charge in [-0.1, -0.05) is 41.8 Å². The molecule has 0 aliphatic carbocycles. The fraction of sp³-hybridized carbons (Fsp3) is 0.364. The molecule has 1 saturated heterocycles. The Hall–Kier alpha value is -2.33. The minimum atomic E-state index is -3.42. The zero-order chi connectivity index (χ0) is 20.0. The van der Waals surface area contributed by atoms with E-state index in [0.29, 0.717) is 24.5 Å². The minimum absolute atomic E-state index is 0.242. The first kappa shape index (κ1) is 20.4. The molecule has 0 amide bonds. The summed E-state index contributed by atoms with van der Waals surface area (Å²) < 4.78 is 32.8. The Balaban J connectivity index is 1.55. The van der Waals surface area contributed by atoms with E-state index in [9.17, 15) is 8.42 Å². The molecule has 0 atom stereocenters. The van der Waals surface area contributed by atoms with Gasteiger partial charge in [-0.2, -0.15) is 4.31 Å². The molecule has 5 nitrogen and oxygen atoms in total. The lowest BCUT2D eigenvalue weighted by molar-refractivity contribution is 0.287. The summed E-state index contributed by atoms with van der Waals surface area (Å²) >= 11 is 0. The minimum Gasteiger partial charge on any atom is -0.481 e. The molecule has 0 radical (unpaired) electrons. The van der Waals surface area contributed by atoms with Gasteiger partial charge in [0.05, 0.1) is 4.90 Å². The third-order valence-electron chi connectivity index (χ3n) is 4.98. The Morgan fingerprint density at radius 3 is 2.50 bits per heavy atom. The predicted molar refractivity (Wildman–Crippen MR) is 111 cm³/mol. The molecule has 1 fully saturated rings. The zero-order valence-corrected chi connectivity index (χ0v) is 16.9. The van der Waals surface area contributed by atoms with E-state index in [0.717, 1.165) is 29.7 Å². The Kier molecular flexibility index (Phi) is 6.74. The highest BCUT2D eigenvalue weighted by Crippen LogP contribution is 2.22. The summed E-state index contributed by atoms with van der Waals surface area (Å²) in [5.41, 5.74) is 2.10. The van der Waals surface area contributed by atoms with Crippen molar-refractivity contribution in [2.24, 2.45) is 0 Å². The van der Waals surface area contributed by atoms with E-state index < -0.39 is 10.0 Å². The number of benzene rings is 2. The van der Waals surface area contributed by atoms with Crippen LogP contribution in [0.5, 0.6) is 5.75 Å². The van der Waals surface area contributed by atoms with Gasteiger partial charge < -0.3 is 10.1 Å². The van der Waals surface area contributed by atoms with Crippen molar-refractivity contribution < 1.29 is 13.2 Å². The molecule has 2 aromatic rings. The van der Waals surface area contributed by atoms with Gasteiger partial charge in [-0.15, -0.1) is 6.42 Å².